The summed E-state index contributed by atoms with van der Waals surface area (Å²) >= 11 is 0. The number of carbonyl (C=O) groups is 6. The molecule has 0 spiro atoms. The number of carbonyl (C=O) groups excluding carboxylic acids is 6. The minimum atomic E-state index is -1.43. The lowest BCUT2D eigenvalue weighted by atomic mass is 10.0. The highest BCUT2D eigenvalue weighted by Crippen LogP contribution is 2.11. The van der Waals surface area contributed by atoms with Gasteiger partial charge in [-0.2, -0.15) is 0 Å². The van der Waals surface area contributed by atoms with Crippen LogP contribution in [0.5, 0.6) is 5.75 Å². The predicted octanol–water partition coefficient (Wildman–Crippen LogP) is -3.09. The number of primary amides is 2. The van der Waals surface area contributed by atoms with E-state index < -0.39 is 66.5 Å². The average Bonchev–Trinajstić information content (AvgIpc) is 2.71. The second kappa shape index (κ2) is 12.6. The average molecular weight is 464 g/mol. The number of amides is 6. The number of benzene rings is 1. The van der Waals surface area contributed by atoms with E-state index in [1.807, 2.05) is 0 Å². The fraction of sp³-hybridized carbons (Fsp3) is 0.400. The molecule has 0 fully saturated rings. The van der Waals surface area contributed by atoms with Crippen molar-refractivity contribution in [2.24, 2.45) is 11.5 Å². The van der Waals surface area contributed by atoms with Gasteiger partial charge in [0.1, 0.15) is 23.9 Å². The Morgan fingerprint density at radius 1 is 0.909 bits per heavy atom. The molecule has 9 N–H and O–H groups in total. The minimum absolute atomic E-state index is 0.00428. The van der Waals surface area contributed by atoms with E-state index in [4.69, 9.17) is 11.5 Å². The van der Waals surface area contributed by atoms with E-state index in [1.165, 1.54) is 38.1 Å². The Kier molecular flexibility index (Phi) is 10.3. The normalized spacial score (nSPS) is 13.0. The first-order valence-electron chi connectivity index (χ1n) is 9.89. The quantitative estimate of drug-likeness (QED) is 0.169. The number of phenolic OH excluding ortho intramolecular Hbond substituents is 1. The van der Waals surface area contributed by atoms with Gasteiger partial charge >= 0.3 is 0 Å². The van der Waals surface area contributed by atoms with Gasteiger partial charge in [0.2, 0.25) is 35.4 Å². The maximum atomic E-state index is 12.6. The Morgan fingerprint density at radius 2 is 1.52 bits per heavy atom. The summed E-state index contributed by atoms with van der Waals surface area (Å²) in [6.07, 6.45) is -0.575. The number of hydrogen-bond donors (Lipinski definition) is 7. The maximum Gasteiger partial charge on any atom is 0.243 e. The third-order valence-corrected chi connectivity index (χ3v) is 4.33. The molecule has 6 amide bonds. The van der Waals surface area contributed by atoms with Crippen molar-refractivity contribution < 1.29 is 33.9 Å². The van der Waals surface area contributed by atoms with Crippen LogP contribution in [-0.4, -0.2) is 65.2 Å². The summed E-state index contributed by atoms with van der Waals surface area (Å²) in [4.78, 5) is 70.8. The van der Waals surface area contributed by atoms with Crippen LogP contribution in [0.4, 0.5) is 0 Å². The van der Waals surface area contributed by atoms with Gasteiger partial charge in [0.05, 0.1) is 13.0 Å². The van der Waals surface area contributed by atoms with Crippen LogP contribution in [0.25, 0.3) is 0 Å². The fourth-order valence-electron chi connectivity index (χ4n) is 2.71. The highest BCUT2D eigenvalue weighted by Gasteiger charge is 2.27. The summed E-state index contributed by atoms with van der Waals surface area (Å²) in [5, 5.41) is 18.6. The Morgan fingerprint density at radius 3 is 2.03 bits per heavy atom. The zero-order valence-corrected chi connectivity index (χ0v) is 18.2. The number of phenols is 1. The molecule has 0 aliphatic rings. The zero-order chi connectivity index (χ0) is 25.1. The van der Waals surface area contributed by atoms with Crippen LogP contribution in [0.1, 0.15) is 25.8 Å². The lowest BCUT2D eigenvalue weighted by Gasteiger charge is -2.21. The van der Waals surface area contributed by atoms with Crippen molar-refractivity contribution in [3.63, 3.8) is 0 Å². The van der Waals surface area contributed by atoms with Gasteiger partial charge in [-0.05, 0) is 24.6 Å². The van der Waals surface area contributed by atoms with Gasteiger partial charge in [0.15, 0.2) is 0 Å². The molecule has 0 radical (unpaired) electrons. The molecule has 0 aromatic heterocycles. The second-order valence-corrected chi connectivity index (χ2v) is 7.26. The highest BCUT2D eigenvalue weighted by molar-refractivity contribution is 5.95. The molecular formula is C20H28N6O7. The van der Waals surface area contributed by atoms with E-state index in [0.717, 1.165) is 0 Å². The standard InChI is InChI=1S/C20H28N6O7/c1-10(24-11(2)27)19(32)23-9-17(30)25-15(8-16(21)29)20(33)26-14(18(22)31)7-12-3-5-13(28)6-4-12/h3-6,10,14-15,28H,7-9H2,1-2H3,(H2,21,29)(H2,22,31)(H,23,32)(H,24,27)(H,25,30)(H,26,33)/t10-,14-,15-/m0/s1. The molecule has 0 saturated heterocycles. The van der Waals surface area contributed by atoms with Crippen LogP contribution in [0.15, 0.2) is 24.3 Å². The number of rotatable bonds is 12. The second-order valence-electron chi connectivity index (χ2n) is 7.26. The van der Waals surface area contributed by atoms with Crippen LogP contribution in [-0.2, 0) is 35.2 Å². The summed E-state index contributed by atoms with van der Waals surface area (Å²) in [6, 6.07) is 2.36. The number of hydrogen-bond acceptors (Lipinski definition) is 7. The van der Waals surface area contributed by atoms with Gasteiger partial charge in [-0.25, -0.2) is 0 Å². The SMILES string of the molecule is CC(=O)N[C@@H](C)C(=O)NCC(=O)N[C@@H](CC(N)=O)C(=O)N[C@@H](Cc1ccc(O)cc1)C(N)=O. The Hall–Kier alpha value is -4.16. The molecule has 0 bridgehead atoms. The minimum Gasteiger partial charge on any atom is -0.508 e. The monoisotopic (exact) mass is 464 g/mol. The predicted molar refractivity (Wildman–Crippen MR) is 115 cm³/mol. The summed E-state index contributed by atoms with van der Waals surface area (Å²) in [6.45, 7) is 2.10. The lowest BCUT2D eigenvalue weighted by molar-refractivity contribution is -0.133. The van der Waals surface area contributed by atoms with Crippen LogP contribution in [0, 0.1) is 0 Å². The molecule has 13 heteroatoms. The van der Waals surface area contributed by atoms with E-state index in [-0.39, 0.29) is 12.2 Å². The van der Waals surface area contributed by atoms with E-state index in [9.17, 15) is 33.9 Å². The van der Waals surface area contributed by atoms with Crippen molar-refractivity contribution in [2.75, 3.05) is 6.54 Å². The first-order valence-corrected chi connectivity index (χ1v) is 9.89. The van der Waals surface area contributed by atoms with E-state index >= 15 is 0 Å². The largest absolute Gasteiger partial charge is 0.508 e. The van der Waals surface area contributed by atoms with Crippen molar-refractivity contribution in [3.05, 3.63) is 29.8 Å². The fourth-order valence-corrected chi connectivity index (χ4v) is 2.71. The van der Waals surface area contributed by atoms with E-state index in [1.54, 1.807) is 0 Å². The molecule has 0 saturated carbocycles. The number of aromatic hydroxyl groups is 1. The molecule has 0 unspecified atom stereocenters. The van der Waals surface area contributed by atoms with Gasteiger partial charge in [0.25, 0.3) is 0 Å². The van der Waals surface area contributed by atoms with Crippen LogP contribution < -0.4 is 32.7 Å². The van der Waals surface area contributed by atoms with Gasteiger partial charge in [-0.3, -0.25) is 28.8 Å². The maximum absolute atomic E-state index is 12.6. The molecule has 0 aliphatic carbocycles. The molecule has 0 heterocycles. The first-order chi connectivity index (χ1) is 15.4. The third-order valence-electron chi connectivity index (χ3n) is 4.33. The molecule has 1 aromatic rings. The van der Waals surface area contributed by atoms with Crippen molar-refractivity contribution in [2.45, 2.75) is 44.8 Å². The molecule has 180 valence electrons. The zero-order valence-electron chi connectivity index (χ0n) is 18.2. The Labute approximate surface area is 189 Å². The van der Waals surface area contributed by atoms with Crippen molar-refractivity contribution >= 4 is 35.4 Å². The summed E-state index contributed by atoms with van der Waals surface area (Å²) in [5.41, 5.74) is 11.1. The van der Waals surface area contributed by atoms with Gasteiger partial charge in [-0.15, -0.1) is 0 Å². The molecule has 1 aromatic carbocycles. The first kappa shape index (κ1) is 26.9. The Balaban J connectivity index is 2.77. The molecule has 1 rings (SSSR count). The smallest absolute Gasteiger partial charge is 0.243 e. The van der Waals surface area contributed by atoms with E-state index in [2.05, 4.69) is 21.3 Å². The highest BCUT2D eigenvalue weighted by atomic mass is 16.3. The third kappa shape index (κ3) is 10.1. The summed E-state index contributed by atoms with van der Waals surface area (Å²) < 4.78 is 0. The number of nitrogens with two attached hydrogens (primary N) is 2. The summed E-state index contributed by atoms with van der Waals surface area (Å²) in [7, 11) is 0. The van der Waals surface area contributed by atoms with Gasteiger partial charge < -0.3 is 37.8 Å². The van der Waals surface area contributed by atoms with Crippen molar-refractivity contribution in [1.29, 1.82) is 0 Å². The van der Waals surface area contributed by atoms with Gasteiger partial charge in [0, 0.05) is 13.3 Å². The van der Waals surface area contributed by atoms with Crippen LogP contribution in [0.3, 0.4) is 0 Å². The molecule has 0 aliphatic heterocycles. The van der Waals surface area contributed by atoms with Crippen molar-refractivity contribution in [3.8, 4) is 5.75 Å². The lowest BCUT2D eigenvalue weighted by Crippen LogP contribution is -2.56. The molecule has 3 atom stereocenters. The summed E-state index contributed by atoms with van der Waals surface area (Å²) in [5.74, 6) is -4.51. The topological polar surface area (TPSA) is 223 Å². The van der Waals surface area contributed by atoms with Gasteiger partial charge in [-0.1, -0.05) is 12.1 Å². The molecule has 33 heavy (non-hydrogen) atoms. The van der Waals surface area contributed by atoms with E-state index in [0.29, 0.717) is 5.56 Å². The van der Waals surface area contributed by atoms with Crippen LogP contribution in [0.2, 0.25) is 0 Å². The molecular weight excluding hydrogens is 436 g/mol. The Bertz CT molecular complexity index is 903. The molecule has 13 nitrogen and oxygen atoms in total. The number of nitrogens with one attached hydrogen (secondary N) is 4. The van der Waals surface area contributed by atoms with Crippen LogP contribution >= 0.6 is 0 Å². The van der Waals surface area contributed by atoms with Crippen molar-refractivity contribution in [1.82, 2.24) is 21.3 Å².